The van der Waals surface area contributed by atoms with Gasteiger partial charge in [-0.25, -0.2) is 18.6 Å². The summed E-state index contributed by atoms with van der Waals surface area (Å²) in [6.45, 7) is 0. The van der Waals surface area contributed by atoms with E-state index in [1.54, 1.807) is 12.1 Å². The second-order valence-corrected chi connectivity index (χ2v) is 6.56. The molecular weight excluding hydrogens is 412 g/mol. The lowest BCUT2D eigenvalue weighted by molar-refractivity contribution is -0.143. The first kappa shape index (κ1) is 18.7. The van der Waals surface area contributed by atoms with Gasteiger partial charge < -0.3 is 14.9 Å². The predicted octanol–water partition coefficient (Wildman–Crippen LogP) is 2.36. The zero-order valence-corrected chi connectivity index (χ0v) is 15.9. The van der Waals surface area contributed by atoms with E-state index >= 15 is 0 Å². The number of esters is 1. The van der Waals surface area contributed by atoms with E-state index in [0.29, 0.717) is 16.8 Å². The number of hydrogen-bond acceptors (Lipinski definition) is 8. The first-order valence-electron chi connectivity index (χ1n) is 8.94. The summed E-state index contributed by atoms with van der Waals surface area (Å²) in [7, 11) is 1.18. The maximum atomic E-state index is 13.8. The highest BCUT2D eigenvalue weighted by Crippen LogP contribution is 2.27. The molecule has 156 valence electrons. The number of methoxy groups -OCH3 is 1. The lowest BCUT2D eigenvalue weighted by Gasteiger charge is -2.15. The van der Waals surface area contributed by atoms with E-state index in [4.69, 9.17) is 14.9 Å². The first-order chi connectivity index (χ1) is 15.0. The van der Waals surface area contributed by atoms with Gasteiger partial charge in [0, 0.05) is 6.20 Å². The average molecular weight is 425 g/mol. The van der Waals surface area contributed by atoms with Crippen molar-refractivity contribution in [3.63, 3.8) is 0 Å². The summed E-state index contributed by atoms with van der Waals surface area (Å²) in [6.07, 6.45) is 2.97. The molecule has 0 spiro atoms. The Morgan fingerprint density at radius 3 is 2.74 bits per heavy atom. The highest BCUT2D eigenvalue weighted by atomic mass is 19.2. The second-order valence-electron chi connectivity index (χ2n) is 6.56. The molecular formula is C19H13F2N7O3. The van der Waals surface area contributed by atoms with Gasteiger partial charge in [-0.3, -0.25) is 4.68 Å². The van der Waals surface area contributed by atoms with Gasteiger partial charge in [0.15, 0.2) is 34.7 Å². The van der Waals surface area contributed by atoms with Crippen LogP contribution in [0.3, 0.4) is 0 Å². The average Bonchev–Trinajstić information content (AvgIpc) is 3.49. The van der Waals surface area contributed by atoms with Gasteiger partial charge in [0.25, 0.3) is 0 Å². The van der Waals surface area contributed by atoms with Crippen molar-refractivity contribution in [1.29, 1.82) is 0 Å². The molecule has 0 aliphatic rings. The smallest absolute Gasteiger partial charge is 0.335 e. The van der Waals surface area contributed by atoms with Gasteiger partial charge in [-0.1, -0.05) is 6.07 Å². The maximum absolute atomic E-state index is 13.8. The fraction of sp³-hybridized carbons (Fsp3) is 0.105. The summed E-state index contributed by atoms with van der Waals surface area (Å²) in [5.74, 6) is -2.15. The van der Waals surface area contributed by atoms with Crippen molar-refractivity contribution in [2.24, 2.45) is 0 Å². The molecule has 1 unspecified atom stereocenters. The number of nitrogen functional groups attached to an aromatic ring is 1. The molecule has 12 heteroatoms. The fourth-order valence-electron chi connectivity index (χ4n) is 3.26. The highest BCUT2D eigenvalue weighted by molar-refractivity contribution is 5.90. The van der Waals surface area contributed by atoms with Crippen molar-refractivity contribution in [2.45, 2.75) is 6.04 Å². The molecule has 0 aliphatic heterocycles. The van der Waals surface area contributed by atoms with Crippen LogP contribution >= 0.6 is 0 Å². The van der Waals surface area contributed by atoms with Crippen LogP contribution < -0.4 is 5.73 Å². The van der Waals surface area contributed by atoms with Crippen LogP contribution in [0.25, 0.3) is 28.3 Å². The van der Waals surface area contributed by atoms with E-state index in [2.05, 4.69) is 20.2 Å². The Balaban J connectivity index is 1.70. The maximum Gasteiger partial charge on any atom is 0.335 e. The standard InChI is InChI=1S/C19H13F2N7O3/c1-30-18(29)14(9-4-5-11(20)12(21)7-9)27-8-10-15(25-27)24-19(22)28-17(10)23-16(26-28)13-3-2-6-31-13/h2-8,14H,1H3,(H2,22,24,25). The normalized spacial score (nSPS) is 12.5. The van der Waals surface area contributed by atoms with Gasteiger partial charge >= 0.3 is 5.97 Å². The van der Waals surface area contributed by atoms with Gasteiger partial charge in [-0.15, -0.1) is 5.10 Å². The number of nitrogens with zero attached hydrogens (tertiary/aromatic N) is 6. The van der Waals surface area contributed by atoms with E-state index in [1.165, 1.54) is 34.8 Å². The summed E-state index contributed by atoms with van der Waals surface area (Å²) in [5, 5.41) is 9.02. The van der Waals surface area contributed by atoms with Crippen LogP contribution in [-0.2, 0) is 9.53 Å². The number of nitrogens with two attached hydrogens (primary N) is 1. The van der Waals surface area contributed by atoms with E-state index in [1.807, 2.05) is 0 Å². The summed E-state index contributed by atoms with van der Waals surface area (Å²) in [6, 6.07) is 5.30. The van der Waals surface area contributed by atoms with E-state index < -0.39 is 23.6 Å². The number of furan rings is 1. The second kappa shape index (κ2) is 6.86. The quantitative estimate of drug-likeness (QED) is 0.435. The van der Waals surface area contributed by atoms with Crippen molar-refractivity contribution < 1.29 is 22.7 Å². The van der Waals surface area contributed by atoms with Gasteiger partial charge in [0.05, 0.1) is 18.8 Å². The Morgan fingerprint density at radius 2 is 2.03 bits per heavy atom. The van der Waals surface area contributed by atoms with Gasteiger partial charge in [-0.05, 0) is 29.8 Å². The minimum absolute atomic E-state index is 0.0144. The van der Waals surface area contributed by atoms with Crippen LogP contribution in [0.2, 0.25) is 0 Å². The zero-order chi connectivity index (χ0) is 21.7. The van der Waals surface area contributed by atoms with Gasteiger partial charge in [-0.2, -0.15) is 14.6 Å². The zero-order valence-electron chi connectivity index (χ0n) is 15.9. The molecule has 5 aromatic rings. The number of anilines is 1. The summed E-state index contributed by atoms with van der Waals surface area (Å²) >= 11 is 0. The van der Waals surface area contributed by atoms with Crippen LogP contribution in [0.4, 0.5) is 14.7 Å². The number of rotatable bonds is 4. The number of halogens is 2. The minimum Gasteiger partial charge on any atom is -0.467 e. The Morgan fingerprint density at radius 1 is 1.19 bits per heavy atom. The van der Waals surface area contributed by atoms with E-state index in [-0.39, 0.29) is 23.0 Å². The topological polar surface area (TPSA) is 126 Å². The molecule has 0 amide bonds. The van der Waals surface area contributed by atoms with E-state index in [0.717, 1.165) is 12.1 Å². The molecule has 0 aliphatic carbocycles. The largest absolute Gasteiger partial charge is 0.467 e. The van der Waals surface area contributed by atoms with Crippen LogP contribution in [0.5, 0.6) is 0 Å². The Bertz CT molecular complexity index is 1440. The number of hydrogen-bond donors (Lipinski definition) is 1. The Labute approximate surface area is 171 Å². The van der Waals surface area contributed by atoms with E-state index in [9.17, 15) is 13.6 Å². The number of carbonyl (C=O) groups excluding carboxylic acids is 1. The molecule has 1 atom stereocenters. The first-order valence-corrected chi connectivity index (χ1v) is 8.94. The fourth-order valence-corrected chi connectivity index (χ4v) is 3.26. The van der Waals surface area contributed by atoms with Crippen molar-refractivity contribution in [1.82, 2.24) is 29.4 Å². The van der Waals surface area contributed by atoms with Crippen molar-refractivity contribution in [2.75, 3.05) is 12.8 Å². The Kier molecular flexibility index (Phi) is 4.13. The summed E-state index contributed by atoms with van der Waals surface area (Å²) < 4.78 is 39.9. The molecule has 0 saturated carbocycles. The third kappa shape index (κ3) is 2.96. The van der Waals surface area contributed by atoms with Gasteiger partial charge in [0.1, 0.15) is 0 Å². The molecule has 4 heterocycles. The lowest BCUT2D eigenvalue weighted by atomic mass is 10.1. The summed E-state index contributed by atoms with van der Waals surface area (Å²) in [5.41, 5.74) is 6.64. The monoisotopic (exact) mass is 425 g/mol. The number of aromatic nitrogens is 6. The number of ether oxygens (including phenoxy) is 1. The van der Waals surface area contributed by atoms with Gasteiger partial charge in [0.2, 0.25) is 11.8 Å². The SMILES string of the molecule is COC(=O)C(c1ccc(F)c(F)c1)n1cc2c(nc(N)n3nc(-c4ccco4)nc23)n1. The third-order valence-electron chi connectivity index (χ3n) is 4.69. The molecule has 1 aromatic carbocycles. The molecule has 2 N–H and O–H groups in total. The van der Waals surface area contributed by atoms with Crippen molar-refractivity contribution in [3.8, 4) is 11.6 Å². The number of fused-ring (bicyclic) bond motifs is 3. The number of benzene rings is 1. The minimum atomic E-state index is -1.19. The van der Waals surface area contributed by atoms with Crippen molar-refractivity contribution >= 4 is 28.6 Å². The molecule has 4 aromatic heterocycles. The highest BCUT2D eigenvalue weighted by Gasteiger charge is 2.27. The molecule has 0 fully saturated rings. The molecule has 31 heavy (non-hydrogen) atoms. The molecule has 10 nitrogen and oxygen atoms in total. The Hall–Kier alpha value is -4.35. The third-order valence-corrected chi connectivity index (χ3v) is 4.69. The van der Waals surface area contributed by atoms with Crippen LogP contribution in [-0.4, -0.2) is 42.4 Å². The lowest BCUT2D eigenvalue weighted by Crippen LogP contribution is -2.23. The van der Waals surface area contributed by atoms with Crippen LogP contribution in [0, 0.1) is 11.6 Å². The number of carbonyl (C=O) groups is 1. The molecule has 0 saturated heterocycles. The predicted molar refractivity (Wildman–Crippen MR) is 103 cm³/mol. The molecule has 0 bridgehead atoms. The van der Waals surface area contributed by atoms with Crippen LogP contribution in [0.15, 0.2) is 47.2 Å². The van der Waals surface area contributed by atoms with Crippen LogP contribution in [0.1, 0.15) is 11.6 Å². The molecule has 0 radical (unpaired) electrons. The van der Waals surface area contributed by atoms with Crippen molar-refractivity contribution in [3.05, 3.63) is 60.0 Å². The summed E-state index contributed by atoms with van der Waals surface area (Å²) in [4.78, 5) is 21.1. The molecule has 5 rings (SSSR count).